The van der Waals surface area contributed by atoms with Crippen molar-refractivity contribution >= 4 is 34.6 Å². The third kappa shape index (κ3) is 3.33. The molecule has 1 aliphatic carbocycles. The Hall–Kier alpha value is -3.01. The molecule has 0 spiro atoms. The molecule has 0 saturated carbocycles. The molecule has 4 rings (SSSR count). The Kier molecular flexibility index (Phi) is 5.04. The van der Waals surface area contributed by atoms with E-state index in [2.05, 4.69) is 0 Å². The summed E-state index contributed by atoms with van der Waals surface area (Å²) in [5.41, 5.74) is -5.18. The van der Waals surface area contributed by atoms with E-state index in [4.69, 9.17) is 0 Å². The van der Waals surface area contributed by atoms with Crippen molar-refractivity contribution in [3.8, 4) is 0 Å². The van der Waals surface area contributed by atoms with Gasteiger partial charge in [-0.15, -0.1) is 11.3 Å². The summed E-state index contributed by atoms with van der Waals surface area (Å²) in [5, 5.41) is 3.36. The number of allylic oxidation sites excluding steroid dienone is 1. The Labute approximate surface area is 184 Å². The second-order valence-corrected chi connectivity index (χ2v) is 9.51. The number of anilines is 1. The average molecular weight is 466 g/mol. The van der Waals surface area contributed by atoms with E-state index in [-0.39, 0.29) is 29.1 Å². The van der Waals surface area contributed by atoms with Crippen molar-refractivity contribution in [2.24, 2.45) is 5.41 Å². The molecule has 2 aromatic rings. The highest BCUT2D eigenvalue weighted by atomic mass is 32.1. The molecule has 1 N–H and O–H groups in total. The van der Waals surface area contributed by atoms with E-state index in [1.54, 1.807) is 13.8 Å². The number of nitrogens with zero attached hydrogens (tertiary/aromatic N) is 1. The summed E-state index contributed by atoms with van der Waals surface area (Å²) >= 11 is 0.907. The fourth-order valence-corrected chi connectivity index (χ4v) is 4.87. The van der Waals surface area contributed by atoms with Gasteiger partial charge in [-0.05, 0) is 47.5 Å². The lowest BCUT2D eigenvalue weighted by molar-refractivity contribution is -0.186. The van der Waals surface area contributed by atoms with E-state index in [1.165, 1.54) is 17.5 Å². The number of carbonyl (C=O) groups excluding carboxylic acids is 3. The van der Waals surface area contributed by atoms with Crippen LogP contribution in [0.4, 0.5) is 23.2 Å². The van der Waals surface area contributed by atoms with Gasteiger partial charge in [0.05, 0.1) is 10.5 Å². The van der Waals surface area contributed by atoms with Crippen LogP contribution in [-0.4, -0.2) is 29.3 Å². The molecule has 2 amide bonds. The van der Waals surface area contributed by atoms with Crippen molar-refractivity contribution in [1.29, 1.82) is 0 Å². The van der Waals surface area contributed by atoms with E-state index >= 15 is 0 Å². The first-order chi connectivity index (χ1) is 14.9. The molecule has 1 unspecified atom stereocenters. The number of benzene rings is 1. The molecule has 1 atom stereocenters. The largest absolute Gasteiger partial charge is 0.425 e. The summed E-state index contributed by atoms with van der Waals surface area (Å²) in [6, 6.07) is 7.16. The van der Waals surface area contributed by atoms with Crippen molar-refractivity contribution in [2.75, 3.05) is 4.90 Å². The zero-order chi connectivity index (χ0) is 23.5. The molecule has 0 saturated heterocycles. The smallest absolute Gasteiger partial charge is 0.326 e. The van der Waals surface area contributed by atoms with Gasteiger partial charge in [0.1, 0.15) is 5.82 Å². The minimum atomic E-state index is -5.30. The van der Waals surface area contributed by atoms with Gasteiger partial charge in [-0.2, -0.15) is 13.2 Å². The highest BCUT2D eigenvalue weighted by Gasteiger charge is 2.72. The van der Waals surface area contributed by atoms with Gasteiger partial charge in [-0.3, -0.25) is 19.3 Å². The molecule has 1 aromatic heterocycles. The lowest BCUT2D eigenvalue weighted by Crippen LogP contribution is -2.66. The number of ketones is 1. The molecule has 0 radical (unpaired) electrons. The third-order valence-electron chi connectivity index (χ3n) is 5.58. The van der Waals surface area contributed by atoms with Crippen LogP contribution in [0.1, 0.15) is 36.4 Å². The molecule has 5 nitrogen and oxygen atoms in total. The number of amides is 2. The van der Waals surface area contributed by atoms with Gasteiger partial charge in [0.15, 0.2) is 5.78 Å². The molecule has 0 fully saturated rings. The van der Waals surface area contributed by atoms with Gasteiger partial charge in [-0.25, -0.2) is 4.39 Å². The standard InChI is InChI=1S/C22H18F4N2O3S/c1-20(2)10-14-17(15(29)11-20)21(22(24,25)26,27-18(30)16-4-3-9-32-16)19(31)28(14)13-7-5-12(23)6-8-13/h3-9H,10-11H2,1-2H3,(H,27,30). The monoisotopic (exact) mass is 466 g/mol. The fraction of sp³-hybridized carbons (Fsp3) is 0.318. The Morgan fingerprint density at radius 2 is 1.75 bits per heavy atom. The van der Waals surface area contributed by atoms with Crippen LogP contribution in [0.2, 0.25) is 0 Å². The van der Waals surface area contributed by atoms with Crippen LogP contribution in [0.5, 0.6) is 0 Å². The van der Waals surface area contributed by atoms with Crippen LogP contribution >= 0.6 is 11.3 Å². The van der Waals surface area contributed by atoms with Gasteiger partial charge < -0.3 is 5.32 Å². The van der Waals surface area contributed by atoms with Crippen molar-refractivity contribution in [2.45, 2.75) is 38.4 Å². The Balaban J connectivity index is 1.95. The average Bonchev–Trinajstić information content (AvgIpc) is 3.28. The quantitative estimate of drug-likeness (QED) is 0.672. The SMILES string of the molecule is CC1(C)CC(=O)C2=C(C1)N(c1ccc(F)cc1)C(=O)C2(NC(=O)c1cccs1)C(F)(F)F. The van der Waals surface area contributed by atoms with E-state index in [0.717, 1.165) is 40.5 Å². The van der Waals surface area contributed by atoms with E-state index in [1.807, 2.05) is 5.32 Å². The van der Waals surface area contributed by atoms with Crippen molar-refractivity contribution in [3.05, 3.63) is 63.7 Å². The highest BCUT2D eigenvalue weighted by molar-refractivity contribution is 7.12. The molecule has 1 aromatic carbocycles. The Bertz CT molecular complexity index is 1140. The third-order valence-corrected chi connectivity index (χ3v) is 6.45. The number of nitrogens with one attached hydrogen (secondary N) is 1. The number of carbonyl (C=O) groups is 3. The first kappa shape index (κ1) is 22.2. The number of hydrogen-bond acceptors (Lipinski definition) is 4. The Morgan fingerprint density at radius 3 is 2.31 bits per heavy atom. The van der Waals surface area contributed by atoms with Gasteiger partial charge in [0.2, 0.25) is 5.54 Å². The topological polar surface area (TPSA) is 66.5 Å². The molecular formula is C22H18F4N2O3S. The van der Waals surface area contributed by atoms with E-state index in [0.29, 0.717) is 0 Å². The van der Waals surface area contributed by atoms with Gasteiger partial charge in [-0.1, -0.05) is 19.9 Å². The maximum atomic E-state index is 14.7. The number of hydrogen-bond donors (Lipinski definition) is 1. The molecule has 0 bridgehead atoms. The zero-order valence-corrected chi connectivity index (χ0v) is 17.9. The number of Topliss-reactive ketones (excluding diaryl/α,β-unsaturated/α-hetero) is 1. The predicted octanol–water partition coefficient (Wildman–Crippen LogP) is 4.61. The normalized spacial score (nSPS) is 22.9. The summed E-state index contributed by atoms with van der Waals surface area (Å²) in [7, 11) is 0. The number of halogens is 4. The van der Waals surface area contributed by atoms with Crippen LogP contribution in [0.15, 0.2) is 53.0 Å². The van der Waals surface area contributed by atoms with Crippen LogP contribution in [0, 0.1) is 11.2 Å². The highest BCUT2D eigenvalue weighted by Crippen LogP contribution is 2.52. The summed E-state index contributed by atoms with van der Waals surface area (Å²) in [6.45, 7) is 3.42. The fourth-order valence-electron chi connectivity index (χ4n) is 4.25. The molecular weight excluding hydrogens is 448 g/mol. The molecule has 168 valence electrons. The van der Waals surface area contributed by atoms with E-state index < -0.39 is 46.1 Å². The number of thiophene rings is 1. The molecule has 2 heterocycles. The number of rotatable bonds is 3. The molecule has 32 heavy (non-hydrogen) atoms. The zero-order valence-electron chi connectivity index (χ0n) is 17.0. The predicted molar refractivity (Wildman–Crippen MR) is 110 cm³/mol. The molecule has 2 aliphatic rings. The van der Waals surface area contributed by atoms with Crippen LogP contribution < -0.4 is 10.2 Å². The van der Waals surface area contributed by atoms with Crippen molar-refractivity contribution < 1.29 is 31.9 Å². The summed E-state index contributed by atoms with van der Waals surface area (Å²) < 4.78 is 57.4. The summed E-state index contributed by atoms with van der Waals surface area (Å²) in [4.78, 5) is 40.0. The first-order valence-electron chi connectivity index (χ1n) is 9.67. The number of alkyl halides is 3. The second-order valence-electron chi connectivity index (χ2n) is 8.56. The van der Waals surface area contributed by atoms with Crippen molar-refractivity contribution in [3.63, 3.8) is 0 Å². The summed E-state index contributed by atoms with van der Waals surface area (Å²) in [5.74, 6) is -4.13. The minimum Gasteiger partial charge on any atom is -0.326 e. The van der Waals surface area contributed by atoms with Crippen LogP contribution in [0.3, 0.4) is 0 Å². The first-order valence-corrected chi connectivity index (χ1v) is 10.5. The Morgan fingerprint density at radius 1 is 1.09 bits per heavy atom. The van der Waals surface area contributed by atoms with Crippen molar-refractivity contribution in [1.82, 2.24) is 5.32 Å². The maximum Gasteiger partial charge on any atom is 0.425 e. The molecule has 1 aliphatic heterocycles. The van der Waals surface area contributed by atoms with Crippen LogP contribution in [0.25, 0.3) is 0 Å². The van der Waals surface area contributed by atoms with Crippen LogP contribution in [-0.2, 0) is 9.59 Å². The van der Waals surface area contributed by atoms with Gasteiger partial charge in [0, 0.05) is 17.8 Å². The van der Waals surface area contributed by atoms with Gasteiger partial charge in [0.25, 0.3) is 11.8 Å². The lowest BCUT2D eigenvalue weighted by atomic mass is 9.72. The maximum absolute atomic E-state index is 14.7. The molecule has 10 heteroatoms. The van der Waals surface area contributed by atoms with E-state index in [9.17, 15) is 31.9 Å². The van der Waals surface area contributed by atoms with Gasteiger partial charge >= 0.3 is 6.18 Å². The minimum absolute atomic E-state index is 0.0100. The second kappa shape index (κ2) is 7.26. The lowest BCUT2D eigenvalue weighted by Gasteiger charge is -2.35. The summed E-state index contributed by atoms with van der Waals surface area (Å²) in [6.07, 6.45) is -5.53.